The summed E-state index contributed by atoms with van der Waals surface area (Å²) in [4.78, 5) is 4.44. The molecule has 1 aromatic rings. The lowest BCUT2D eigenvalue weighted by atomic mass is 9.98. The van der Waals surface area contributed by atoms with Crippen molar-refractivity contribution in [2.45, 2.75) is 32.2 Å². The Kier molecular flexibility index (Phi) is 4.06. The molecule has 2 saturated carbocycles. The Balaban J connectivity index is 1.51. The molecule has 2 fully saturated rings. The fourth-order valence-electron chi connectivity index (χ4n) is 2.70. The van der Waals surface area contributed by atoms with Crippen molar-refractivity contribution >= 4 is 31.9 Å². The minimum atomic E-state index is 0.865. The first-order valence-electron chi connectivity index (χ1n) is 6.74. The third kappa shape index (κ3) is 3.34. The van der Waals surface area contributed by atoms with E-state index in [9.17, 15) is 0 Å². The van der Waals surface area contributed by atoms with Gasteiger partial charge in [-0.05, 0) is 87.9 Å². The number of pyridine rings is 1. The molecule has 2 aliphatic carbocycles. The van der Waals surface area contributed by atoms with Gasteiger partial charge in [-0.25, -0.2) is 0 Å². The average molecular weight is 374 g/mol. The molecule has 0 amide bonds. The normalized spacial score (nSPS) is 19.5. The molecule has 18 heavy (non-hydrogen) atoms. The highest BCUT2D eigenvalue weighted by molar-refractivity contribution is 9.11. The summed E-state index contributed by atoms with van der Waals surface area (Å²) < 4.78 is 2.10. The largest absolute Gasteiger partial charge is 0.311 e. The molecular weight excluding hydrogens is 356 g/mol. The van der Waals surface area contributed by atoms with Crippen molar-refractivity contribution in [3.63, 3.8) is 0 Å². The summed E-state index contributed by atoms with van der Waals surface area (Å²) in [6, 6.07) is 2.06. The first-order chi connectivity index (χ1) is 8.74. The molecule has 0 spiro atoms. The molecule has 4 heteroatoms. The zero-order valence-corrected chi connectivity index (χ0v) is 13.5. The fraction of sp³-hybridized carbons (Fsp3) is 0.643. The number of nitrogens with one attached hydrogen (secondary N) is 1. The topological polar surface area (TPSA) is 24.9 Å². The summed E-state index contributed by atoms with van der Waals surface area (Å²) >= 11 is 6.99. The van der Waals surface area contributed by atoms with Gasteiger partial charge in [0.15, 0.2) is 0 Å². The van der Waals surface area contributed by atoms with Crippen LogP contribution in [0.25, 0.3) is 0 Å². The Labute approximate surface area is 125 Å². The van der Waals surface area contributed by atoms with Gasteiger partial charge >= 0.3 is 0 Å². The molecule has 2 nitrogen and oxygen atoms in total. The number of rotatable bonds is 6. The molecule has 1 heterocycles. The molecule has 0 saturated heterocycles. The second-order valence-electron chi connectivity index (χ2n) is 5.55. The van der Waals surface area contributed by atoms with Crippen LogP contribution in [0.1, 0.15) is 31.4 Å². The quantitative estimate of drug-likeness (QED) is 0.810. The Morgan fingerprint density at radius 3 is 2.44 bits per heavy atom. The number of halogens is 2. The molecule has 0 radical (unpaired) electrons. The third-order valence-electron chi connectivity index (χ3n) is 4.01. The van der Waals surface area contributed by atoms with Crippen LogP contribution in [0.5, 0.6) is 0 Å². The van der Waals surface area contributed by atoms with E-state index >= 15 is 0 Å². The van der Waals surface area contributed by atoms with E-state index in [1.54, 1.807) is 0 Å². The van der Waals surface area contributed by atoms with E-state index in [2.05, 4.69) is 48.2 Å². The van der Waals surface area contributed by atoms with Gasteiger partial charge in [0, 0.05) is 21.7 Å². The van der Waals surface area contributed by atoms with Gasteiger partial charge in [0.05, 0.1) is 5.69 Å². The maximum absolute atomic E-state index is 4.44. The summed E-state index contributed by atoms with van der Waals surface area (Å²) in [5, 5.41) is 3.60. The summed E-state index contributed by atoms with van der Waals surface area (Å²) in [5.74, 6) is 2.97. The molecule has 0 aliphatic heterocycles. The van der Waals surface area contributed by atoms with Crippen LogP contribution in [-0.2, 0) is 6.54 Å². The van der Waals surface area contributed by atoms with Gasteiger partial charge in [0.25, 0.3) is 0 Å². The molecule has 0 bridgehead atoms. The first kappa shape index (κ1) is 13.1. The van der Waals surface area contributed by atoms with E-state index in [0.29, 0.717) is 0 Å². The summed E-state index contributed by atoms with van der Waals surface area (Å²) in [5.41, 5.74) is 1.10. The van der Waals surface area contributed by atoms with Gasteiger partial charge in [-0.3, -0.25) is 4.98 Å². The predicted octanol–water partition coefficient (Wildman–Crippen LogP) is 4.13. The number of nitrogens with zero attached hydrogens (tertiary/aromatic N) is 1. The number of aromatic nitrogens is 1. The lowest BCUT2D eigenvalue weighted by molar-refractivity contribution is 0.377. The monoisotopic (exact) mass is 372 g/mol. The van der Waals surface area contributed by atoms with Crippen molar-refractivity contribution in [1.29, 1.82) is 0 Å². The van der Waals surface area contributed by atoms with Crippen LogP contribution in [-0.4, -0.2) is 11.5 Å². The first-order valence-corrected chi connectivity index (χ1v) is 8.33. The molecule has 1 N–H and O–H groups in total. The van der Waals surface area contributed by atoms with E-state index in [1.165, 1.54) is 32.2 Å². The lowest BCUT2D eigenvalue weighted by Gasteiger charge is -2.16. The van der Waals surface area contributed by atoms with E-state index in [-0.39, 0.29) is 0 Å². The molecule has 3 rings (SSSR count). The van der Waals surface area contributed by atoms with Crippen LogP contribution in [0.15, 0.2) is 21.2 Å². The summed E-state index contributed by atoms with van der Waals surface area (Å²) in [7, 11) is 0. The smallest absolute Gasteiger partial charge is 0.0684 e. The Morgan fingerprint density at radius 1 is 1.22 bits per heavy atom. The van der Waals surface area contributed by atoms with Gasteiger partial charge in [-0.15, -0.1) is 0 Å². The van der Waals surface area contributed by atoms with Crippen molar-refractivity contribution in [1.82, 2.24) is 10.3 Å². The van der Waals surface area contributed by atoms with E-state index in [1.807, 2.05) is 6.20 Å². The Bertz CT molecular complexity index is 416. The second-order valence-corrected chi connectivity index (χ2v) is 7.32. The van der Waals surface area contributed by atoms with E-state index < -0.39 is 0 Å². The highest BCUT2D eigenvalue weighted by Crippen LogP contribution is 2.48. The van der Waals surface area contributed by atoms with E-state index in [4.69, 9.17) is 0 Å². The molecule has 2 aliphatic rings. The average Bonchev–Trinajstić information content (AvgIpc) is 3.20. The van der Waals surface area contributed by atoms with Crippen LogP contribution in [0, 0.1) is 17.8 Å². The second kappa shape index (κ2) is 5.59. The van der Waals surface area contributed by atoms with Gasteiger partial charge in [-0.1, -0.05) is 0 Å². The van der Waals surface area contributed by atoms with Crippen molar-refractivity contribution in [3.8, 4) is 0 Å². The minimum absolute atomic E-state index is 0.865. The molecule has 0 aromatic carbocycles. The predicted molar refractivity (Wildman–Crippen MR) is 80.3 cm³/mol. The van der Waals surface area contributed by atoms with Crippen LogP contribution in [0.3, 0.4) is 0 Å². The maximum Gasteiger partial charge on any atom is 0.0684 e. The van der Waals surface area contributed by atoms with Gasteiger partial charge < -0.3 is 5.32 Å². The summed E-state index contributed by atoms with van der Waals surface area (Å²) in [6.45, 7) is 2.03. The third-order valence-corrected chi connectivity index (χ3v) is 5.13. The van der Waals surface area contributed by atoms with Crippen LogP contribution < -0.4 is 5.32 Å². The maximum atomic E-state index is 4.44. The lowest BCUT2D eigenvalue weighted by Crippen LogP contribution is -2.25. The summed E-state index contributed by atoms with van der Waals surface area (Å²) in [6.07, 6.45) is 7.71. The standard InChI is InChI=1S/C14H18Br2N2/c15-11-5-13(16)14(18-6-11)8-17-7-12(9-1-2-9)10-3-4-10/h5-6,9-10,12,17H,1-4,7-8H2. The van der Waals surface area contributed by atoms with Crippen LogP contribution >= 0.6 is 31.9 Å². The molecule has 0 atom stereocenters. The SMILES string of the molecule is Brc1cnc(CNCC(C2CC2)C2CC2)c(Br)c1. The van der Waals surface area contributed by atoms with Crippen molar-refractivity contribution < 1.29 is 0 Å². The molecule has 1 aromatic heterocycles. The van der Waals surface area contributed by atoms with Crippen molar-refractivity contribution in [3.05, 3.63) is 26.9 Å². The van der Waals surface area contributed by atoms with Crippen LogP contribution in [0.4, 0.5) is 0 Å². The fourth-order valence-corrected chi connectivity index (χ4v) is 3.82. The molecule has 0 unspecified atom stereocenters. The zero-order valence-electron chi connectivity index (χ0n) is 10.3. The van der Waals surface area contributed by atoms with Crippen molar-refractivity contribution in [2.75, 3.05) is 6.54 Å². The van der Waals surface area contributed by atoms with Gasteiger partial charge in [-0.2, -0.15) is 0 Å². The Hall–Kier alpha value is 0.0700. The zero-order chi connectivity index (χ0) is 12.5. The van der Waals surface area contributed by atoms with Gasteiger partial charge in [0.2, 0.25) is 0 Å². The minimum Gasteiger partial charge on any atom is -0.311 e. The number of hydrogen-bond donors (Lipinski definition) is 1. The Morgan fingerprint density at radius 2 is 1.89 bits per heavy atom. The van der Waals surface area contributed by atoms with Crippen LogP contribution in [0.2, 0.25) is 0 Å². The highest BCUT2D eigenvalue weighted by Gasteiger charge is 2.40. The van der Waals surface area contributed by atoms with Gasteiger partial charge in [0.1, 0.15) is 0 Å². The number of hydrogen-bond acceptors (Lipinski definition) is 2. The molecular formula is C14H18Br2N2. The molecule has 98 valence electrons. The highest BCUT2D eigenvalue weighted by atomic mass is 79.9. The van der Waals surface area contributed by atoms with Crippen molar-refractivity contribution in [2.24, 2.45) is 17.8 Å². The van der Waals surface area contributed by atoms with E-state index in [0.717, 1.165) is 38.9 Å².